The topological polar surface area (TPSA) is 12.0 Å². The van der Waals surface area contributed by atoms with Crippen molar-refractivity contribution in [2.24, 2.45) is 0 Å². The van der Waals surface area contributed by atoms with Crippen LogP contribution < -0.4 is 5.32 Å². The summed E-state index contributed by atoms with van der Waals surface area (Å²) in [6.45, 7) is 0. The van der Waals surface area contributed by atoms with Gasteiger partial charge < -0.3 is 5.32 Å². The van der Waals surface area contributed by atoms with Crippen LogP contribution in [0.15, 0.2) is 182 Å². The number of anilines is 2. The van der Waals surface area contributed by atoms with Crippen LogP contribution in [-0.4, -0.2) is 0 Å². The number of hydrogen-bond donors (Lipinski definition) is 1. The minimum atomic E-state index is 1.06. The number of nitrogens with one attached hydrogen (secondary N) is 1. The van der Waals surface area contributed by atoms with E-state index in [1.807, 2.05) is 6.07 Å². The zero-order valence-electron chi connectivity index (χ0n) is 23.8. The van der Waals surface area contributed by atoms with Crippen LogP contribution in [0.2, 0.25) is 0 Å². The summed E-state index contributed by atoms with van der Waals surface area (Å²) in [7, 11) is 0. The van der Waals surface area contributed by atoms with Crippen LogP contribution in [0.25, 0.3) is 55.6 Å². The highest BCUT2D eigenvalue weighted by atomic mass is 14.9. The zero-order valence-corrected chi connectivity index (χ0v) is 23.8. The summed E-state index contributed by atoms with van der Waals surface area (Å²) in [6, 6.07) is 64.7. The van der Waals surface area contributed by atoms with Crippen molar-refractivity contribution in [3.8, 4) is 55.6 Å². The smallest absolute Gasteiger partial charge is 0.0384 e. The monoisotopic (exact) mass is 549 g/mol. The highest BCUT2D eigenvalue weighted by Crippen LogP contribution is 2.34. The fourth-order valence-corrected chi connectivity index (χ4v) is 5.53. The van der Waals surface area contributed by atoms with E-state index in [1.54, 1.807) is 0 Å². The Bertz CT molecular complexity index is 1870. The number of rotatable bonds is 7. The molecule has 0 aliphatic carbocycles. The summed E-state index contributed by atoms with van der Waals surface area (Å²) < 4.78 is 0. The van der Waals surface area contributed by atoms with Crippen molar-refractivity contribution in [1.29, 1.82) is 0 Å². The van der Waals surface area contributed by atoms with Gasteiger partial charge in [-0.1, -0.05) is 140 Å². The van der Waals surface area contributed by atoms with Crippen LogP contribution in [0.4, 0.5) is 11.4 Å². The number of hydrogen-bond acceptors (Lipinski definition) is 1. The molecule has 1 nitrogen and oxygen atoms in total. The van der Waals surface area contributed by atoms with Crippen LogP contribution in [0.3, 0.4) is 0 Å². The first-order valence-corrected chi connectivity index (χ1v) is 14.7. The Morgan fingerprint density at radius 2 is 0.442 bits per heavy atom. The maximum Gasteiger partial charge on any atom is 0.0384 e. The molecule has 0 unspecified atom stereocenters. The van der Waals surface area contributed by atoms with Crippen LogP contribution in [0, 0.1) is 0 Å². The molecule has 0 aromatic heterocycles. The van der Waals surface area contributed by atoms with Crippen molar-refractivity contribution in [3.63, 3.8) is 0 Å². The standard InChI is InChI=1S/C42H31N/c1-4-10-31(11-5-1)34-16-18-35(19-17-34)36-20-24-41(25-21-36)43-42-26-22-37(23-27-42)40-29-38(32-12-6-2-7-13-32)28-39(30-40)33-14-8-3-9-15-33/h1-30,43H. The largest absolute Gasteiger partial charge is 0.356 e. The van der Waals surface area contributed by atoms with Crippen LogP contribution in [0.1, 0.15) is 0 Å². The predicted molar refractivity (Wildman–Crippen MR) is 183 cm³/mol. The lowest BCUT2D eigenvalue weighted by atomic mass is 9.93. The third-order valence-electron chi connectivity index (χ3n) is 7.86. The lowest BCUT2D eigenvalue weighted by Gasteiger charge is -2.12. The first-order valence-electron chi connectivity index (χ1n) is 14.7. The maximum absolute atomic E-state index is 3.57. The maximum atomic E-state index is 3.57. The van der Waals surface area contributed by atoms with Gasteiger partial charge in [0.25, 0.3) is 0 Å². The molecule has 0 atom stereocenters. The van der Waals surface area contributed by atoms with E-state index >= 15 is 0 Å². The van der Waals surface area contributed by atoms with Crippen molar-refractivity contribution in [3.05, 3.63) is 182 Å². The van der Waals surface area contributed by atoms with Crippen molar-refractivity contribution < 1.29 is 0 Å². The van der Waals surface area contributed by atoms with Crippen LogP contribution in [0.5, 0.6) is 0 Å². The highest BCUT2D eigenvalue weighted by molar-refractivity contribution is 5.82. The lowest BCUT2D eigenvalue weighted by molar-refractivity contribution is 1.53. The summed E-state index contributed by atoms with van der Waals surface area (Å²) in [5.74, 6) is 0. The molecule has 7 rings (SSSR count). The molecule has 0 fully saturated rings. The molecule has 7 aromatic rings. The zero-order chi connectivity index (χ0) is 28.8. The lowest BCUT2D eigenvalue weighted by Crippen LogP contribution is -1.91. The second kappa shape index (κ2) is 12.1. The molecular weight excluding hydrogens is 518 g/mol. The molecule has 0 aliphatic rings. The average Bonchev–Trinajstić information content (AvgIpc) is 3.10. The SMILES string of the molecule is c1ccc(-c2ccc(-c3ccc(Nc4ccc(-c5cc(-c6ccccc6)cc(-c6ccccc6)c5)cc4)cc3)cc2)cc1. The van der Waals surface area contributed by atoms with E-state index < -0.39 is 0 Å². The molecule has 43 heavy (non-hydrogen) atoms. The van der Waals surface area contributed by atoms with Gasteiger partial charge in [-0.15, -0.1) is 0 Å². The molecule has 0 bridgehead atoms. The van der Waals surface area contributed by atoms with Gasteiger partial charge in [-0.3, -0.25) is 0 Å². The van der Waals surface area contributed by atoms with Gasteiger partial charge in [0.1, 0.15) is 0 Å². The minimum absolute atomic E-state index is 1.06. The Kier molecular flexibility index (Phi) is 7.36. The third kappa shape index (κ3) is 6.02. The van der Waals surface area contributed by atoms with E-state index in [0.29, 0.717) is 0 Å². The van der Waals surface area contributed by atoms with E-state index in [1.165, 1.54) is 55.6 Å². The van der Waals surface area contributed by atoms with Crippen molar-refractivity contribution in [2.75, 3.05) is 5.32 Å². The van der Waals surface area contributed by atoms with Gasteiger partial charge in [-0.25, -0.2) is 0 Å². The molecule has 7 aromatic carbocycles. The number of benzene rings is 7. The molecule has 0 heterocycles. The molecule has 0 aliphatic heterocycles. The van der Waals surface area contributed by atoms with Crippen LogP contribution in [-0.2, 0) is 0 Å². The Hall–Kier alpha value is -5.66. The predicted octanol–water partition coefficient (Wildman–Crippen LogP) is 11.8. The minimum Gasteiger partial charge on any atom is -0.356 e. The Balaban J connectivity index is 1.10. The van der Waals surface area contributed by atoms with Gasteiger partial charge in [0.05, 0.1) is 0 Å². The van der Waals surface area contributed by atoms with Gasteiger partial charge in [-0.05, 0) is 98.1 Å². The quantitative estimate of drug-likeness (QED) is 0.208. The fourth-order valence-electron chi connectivity index (χ4n) is 5.53. The highest BCUT2D eigenvalue weighted by Gasteiger charge is 2.08. The molecule has 0 spiro atoms. The summed E-state index contributed by atoms with van der Waals surface area (Å²) in [4.78, 5) is 0. The molecule has 0 saturated carbocycles. The average molecular weight is 550 g/mol. The fraction of sp³-hybridized carbons (Fsp3) is 0. The molecule has 0 amide bonds. The Labute approximate surface area is 253 Å². The first kappa shape index (κ1) is 26.3. The third-order valence-corrected chi connectivity index (χ3v) is 7.86. The molecule has 204 valence electrons. The van der Waals surface area contributed by atoms with E-state index in [9.17, 15) is 0 Å². The van der Waals surface area contributed by atoms with Gasteiger partial charge in [0, 0.05) is 11.4 Å². The van der Waals surface area contributed by atoms with Gasteiger partial charge in [0.15, 0.2) is 0 Å². The molecule has 0 radical (unpaired) electrons. The van der Waals surface area contributed by atoms with Gasteiger partial charge in [-0.2, -0.15) is 0 Å². The van der Waals surface area contributed by atoms with Crippen molar-refractivity contribution >= 4 is 11.4 Å². The summed E-state index contributed by atoms with van der Waals surface area (Å²) >= 11 is 0. The summed E-state index contributed by atoms with van der Waals surface area (Å²) in [5, 5.41) is 3.57. The van der Waals surface area contributed by atoms with E-state index in [4.69, 9.17) is 0 Å². The molecule has 0 saturated heterocycles. The Morgan fingerprint density at radius 1 is 0.209 bits per heavy atom. The molecular formula is C42H31N. The summed E-state index contributed by atoms with van der Waals surface area (Å²) in [5.41, 5.74) is 14.3. The normalized spacial score (nSPS) is 10.8. The molecule has 1 heteroatoms. The van der Waals surface area contributed by atoms with E-state index in [0.717, 1.165) is 11.4 Å². The van der Waals surface area contributed by atoms with Gasteiger partial charge >= 0.3 is 0 Å². The first-order chi connectivity index (χ1) is 21.3. The van der Waals surface area contributed by atoms with E-state index in [-0.39, 0.29) is 0 Å². The molecule has 1 N–H and O–H groups in total. The van der Waals surface area contributed by atoms with Gasteiger partial charge in [0.2, 0.25) is 0 Å². The van der Waals surface area contributed by atoms with E-state index in [2.05, 4.69) is 181 Å². The van der Waals surface area contributed by atoms with Crippen LogP contribution >= 0.6 is 0 Å². The second-order valence-electron chi connectivity index (χ2n) is 10.8. The second-order valence-corrected chi connectivity index (χ2v) is 10.8. The van der Waals surface area contributed by atoms with Crippen molar-refractivity contribution in [2.45, 2.75) is 0 Å². The Morgan fingerprint density at radius 3 is 0.767 bits per heavy atom. The summed E-state index contributed by atoms with van der Waals surface area (Å²) in [6.07, 6.45) is 0. The van der Waals surface area contributed by atoms with Crippen molar-refractivity contribution in [1.82, 2.24) is 0 Å².